The van der Waals surface area contributed by atoms with Crippen molar-refractivity contribution < 1.29 is 0 Å². The molecule has 0 fully saturated rings. The van der Waals surface area contributed by atoms with Gasteiger partial charge in [-0.3, -0.25) is 4.40 Å². The Hall–Kier alpha value is -3.02. The number of guanidine groups is 1. The third kappa shape index (κ3) is 5.81. The van der Waals surface area contributed by atoms with Gasteiger partial charge in [-0.25, -0.2) is 4.99 Å². The van der Waals surface area contributed by atoms with E-state index in [-0.39, 0.29) is 30.0 Å². The molecular formula is C22H28IN9. The third-order valence-electron chi connectivity index (χ3n) is 5.07. The average Bonchev–Trinajstić information content (AvgIpc) is 3.44. The van der Waals surface area contributed by atoms with Crippen LogP contribution >= 0.6 is 24.0 Å². The van der Waals surface area contributed by atoms with Crippen LogP contribution in [0.5, 0.6) is 0 Å². The first-order chi connectivity index (χ1) is 15.2. The minimum atomic E-state index is 0. The van der Waals surface area contributed by atoms with E-state index >= 15 is 0 Å². The highest BCUT2D eigenvalue weighted by atomic mass is 127. The van der Waals surface area contributed by atoms with Crippen LogP contribution < -0.4 is 10.6 Å². The minimum absolute atomic E-state index is 0. The largest absolute Gasteiger partial charge is 0.355 e. The van der Waals surface area contributed by atoms with E-state index in [9.17, 15) is 0 Å². The van der Waals surface area contributed by atoms with E-state index in [0.717, 1.165) is 36.2 Å². The number of aliphatic imine (C=N–C) groups is 1. The van der Waals surface area contributed by atoms with Crippen LogP contribution in [-0.2, 0) is 19.5 Å². The number of halogens is 1. The summed E-state index contributed by atoms with van der Waals surface area (Å²) >= 11 is 0. The van der Waals surface area contributed by atoms with E-state index in [1.54, 1.807) is 6.33 Å². The van der Waals surface area contributed by atoms with Crippen molar-refractivity contribution in [2.45, 2.75) is 39.4 Å². The van der Waals surface area contributed by atoms with Crippen LogP contribution in [0, 0.1) is 0 Å². The molecule has 1 unspecified atom stereocenters. The van der Waals surface area contributed by atoms with Crippen LogP contribution in [0.3, 0.4) is 0 Å². The highest BCUT2D eigenvalue weighted by Crippen LogP contribution is 2.11. The molecule has 0 aliphatic carbocycles. The lowest BCUT2D eigenvalue weighted by molar-refractivity contribution is 0.618. The zero-order valence-electron chi connectivity index (χ0n) is 18.2. The summed E-state index contributed by atoms with van der Waals surface area (Å²) in [7, 11) is 0. The van der Waals surface area contributed by atoms with Crippen LogP contribution in [0.4, 0.5) is 0 Å². The Kier molecular flexibility index (Phi) is 8.54. The van der Waals surface area contributed by atoms with E-state index in [2.05, 4.69) is 61.6 Å². The molecule has 1 atom stereocenters. The van der Waals surface area contributed by atoms with Crippen LogP contribution in [0.25, 0.3) is 5.65 Å². The van der Waals surface area contributed by atoms with E-state index in [1.165, 1.54) is 5.56 Å². The molecule has 0 radical (unpaired) electrons. The summed E-state index contributed by atoms with van der Waals surface area (Å²) in [5, 5.41) is 23.5. The van der Waals surface area contributed by atoms with E-state index < -0.39 is 0 Å². The Balaban J connectivity index is 0.00000289. The van der Waals surface area contributed by atoms with Crippen LogP contribution in [-0.4, -0.2) is 41.9 Å². The van der Waals surface area contributed by atoms with Gasteiger partial charge in [0.1, 0.15) is 18.7 Å². The molecule has 9 nitrogen and oxygen atoms in total. The fourth-order valence-corrected chi connectivity index (χ4v) is 3.37. The smallest absolute Gasteiger partial charge is 0.192 e. The van der Waals surface area contributed by atoms with Gasteiger partial charge in [-0.1, -0.05) is 43.3 Å². The molecule has 10 heteroatoms. The summed E-state index contributed by atoms with van der Waals surface area (Å²) in [4.78, 5) is 4.77. The van der Waals surface area contributed by atoms with Gasteiger partial charge in [-0.2, -0.15) is 0 Å². The second kappa shape index (κ2) is 11.6. The molecule has 1 aromatic carbocycles. The topological polar surface area (TPSA) is 97.3 Å². The van der Waals surface area contributed by atoms with Crippen molar-refractivity contribution >= 4 is 35.6 Å². The number of aryl methyl sites for hydroxylation is 1. The third-order valence-corrected chi connectivity index (χ3v) is 5.07. The molecule has 0 bridgehead atoms. The standard InChI is InChI=1S/C22H27N9.HI/c1-3-19-27-25-16-30(19)14-12-23-22(26-17(2)18-9-5-4-6-10-18)24-15-21-29-28-20-11-7-8-13-31(20)21;/h4-11,13,16-17H,3,12,14-15H2,1-2H3,(H2,23,24,26);1H. The number of rotatable bonds is 8. The molecule has 32 heavy (non-hydrogen) atoms. The molecule has 4 rings (SSSR count). The van der Waals surface area contributed by atoms with Crippen molar-refractivity contribution in [2.24, 2.45) is 4.99 Å². The SMILES string of the molecule is CCc1nncn1CCNC(=NCc1nnc2ccccn12)NC(C)c1ccccc1.I. The summed E-state index contributed by atoms with van der Waals surface area (Å²) < 4.78 is 4.00. The maximum absolute atomic E-state index is 4.77. The second-order valence-corrected chi connectivity index (χ2v) is 7.21. The fraction of sp³-hybridized carbons (Fsp3) is 0.318. The van der Waals surface area contributed by atoms with Gasteiger partial charge in [0.2, 0.25) is 0 Å². The molecule has 0 amide bonds. The maximum atomic E-state index is 4.77. The molecule has 0 spiro atoms. The molecular weight excluding hydrogens is 517 g/mol. The van der Waals surface area contributed by atoms with Crippen LogP contribution in [0.1, 0.15) is 37.1 Å². The molecule has 3 heterocycles. The summed E-state index contributed by atoms with van der Waals surface area (Å²) in [5.74, 6) is 2.48. The van der Waals surface area contributed by atoms with E-state index in [1.807, 2.05) is 47.0 Å². The lowest BCUT2D eigenvalue weighted by atomic mass is 10.1. The van der Waals surface area contributed by atoms with Gasteiger partial charge in [-0.05, 0) is 24.6 Å². The average molecular weight is 545 g/mol. The summed E-state index contributed by atoms with van der Waals surface area (Å²) in [5.41, 5.74) is 2.00. The van der Waals surface area contributed by atoms with Crippen LogP contribution in [0.15, 0.2) is 66.0 Å². The number of pyridine rings is 1. The molecule has 4 aromatic rings. The monoisotopic (exact) mass is 545 g/mol. The van der Waals surface area contributed by atoms with Crippen molar-refractivity contribution in [3.63, 3.8) is 0 Å². The van der Waals surface area contributed by atoms with Crippen molar-refractivity contribution in [1.82, 2.24) is 40.0 Å². The Morgan fingerprint density at radius 1 is 1.03 bits per heavy atom. The predicted molar refractivity (Wildman–Crippen MR) is 135 cm³/mol. The van der Waals surface area contributed by atoms with Gasteiger partial charge in [0.15, 0.2) is 17.4 Å². The molecule has 0 aliphatic rings. The number of fused-ring (bicyclic) bond motifs is 1. The molecule has 0 saturated heterocycles. The Labute approximate surface area is 204 Å². The maximum Gasteiger partial charge on any atom is 0.192 e. The zero-order chi connectivity index (χ0) is 21.5. The summed E-state index contributed by atoms with van der Waals surface area (Å²) in [6.07, 6.45) is 4.56. The van der Waals surface area contributed by atoms with Gasteiger partial charge in [0, 0.05) is 25.7 Å². The molecule has 2 N–H and O–H groups in total. The number of nitrogens with one attached hydrogen (secondary N) is 2. The van der Waals surface area contributed by atoms with Crippen molar-refractivity contribution in [1.29, 1.82) is 0 Å². The Bertz CT molecular complexity index is 1140. The number of benzene rings is 1. The minimum Gasteiger partial charge on any atom is -0.355 e. The summed E-state index contributed by atoms with van der Waals surface area (Å²) in [6, 6.07) is 16.2. The van der Waals surface area contributed by atoms with Crippen molar-refractivity contribution in [2.75, 3.05) is 6.54 Å². The molecule has 168 valence electrons. The molecule has 0 saturated carbocycles. The van der Waals surface area contributed by atoms with Crippen molar-refractivity contribution in [3.8, 4) is 0 Å². The van der Waals surface area contributed by atoms with Gasteiger partial charge in [0.05, 0.1) is 6.04 Å². The van der Waals surface area contributed by atoms with Crippen LogP contribution in [0.2, 0.25) is 0 Å². The summed E-state index contributed by atoms with van der Waals surface area (Å²) in [6.45, 7) is 6.05. The molecule has 0 aliphatic heterocycles. The highest BCUT2D eigenvalue weighted by Gasteiger charge is 2.10. The quantitative estimate of drug-likeness (QED) is 0.201. The van der Waals surface area contributed by atoms with Gasteiger partial charge in [-0.15, -0.1) is 44.4 Å². The highest BCUT2D eigenvalue weighted by molar-refractivity contribution is 14.0. The lowest BCUT2D eigenvalue weighted by Crippen LogP contribution is -2.40. The number of hydrogen-bond acceptors (Lipinski definition) is 5. The van der Waals surface area contributed by atoms with E-state index in [4.69, 9.17) is 4.99 Å². The van der Waals surface area contributed by atoms with Gasteiger partial charge in [0.25, 0.3) is 0 Å². The normalized spacial score (nSPS) is 12.4. The Morgan fingerprint density at radius 2 is 1.84 bits per heavy atom. The van der Waals surface area contributed by atoms with Crippen molar-refractivity contribution in [3.05, 3.63) is 78.3 Å². The number of hydrogen-bond donors (Lipinski definition) is 2. The molecule has 3 aromatic heterocycles. The predicted octanol–water partition coefficient (Wildman–Crippen LogP) is 3.00. The zero-order valence-corrected chi connectivity index (χ0v) is 20.5. The van der Waals surface area contributed by atoms with E-state index in [0.29, 0.717) is 13.1 Å². The second-order valence-electron chi connectivity index (χ2n) is 7.21. The fourth-order valence-electron chi connectivity index (χ4n) is 3.37. The van der Waals surface area contributed by atoms with Gasteiger partial charge >= 0.3 is 0 Å². The first-order valence-electron chi connectivity index (χ1n) is 10.5. The first-order valence-corrected chi connectivity index (χ1v) is 10.5. The van der Waals surface area contributed by atoms with Gasteiger partial charge < -0.3 is 15.2 Å². The number of aromatic nitrogens is 6. The first kappa shape index (κ1) is 23.6. The lowest BCUT2D eigenvalue weighted by Gasteiger charge is -2.19. The number of nitrogens with zero attached hydrogens (tertiary/aromatic N) is 7. The Morgan fingerprint density at radius 3 is 2.66 bits per heavy atom.